The summed E-state index contributed by atoms with van der Waals surface area (Å²) in [7, 11) is -1.02. The number of nitrogens with one attached hydrogen (secondary N) is 1. The van der Waals surface area contributed by atoms with Crippen molar-refractivity contribution in [1.82, 2.24) is 10.2 Å². The van der Waals surface area contributed by atoms with E-state index in [-0.39, 0.29) is 28.9 Å². The molecule has 21 heavy (non-hydrogen) atoms. The zero-order valence-corrected chi connectivity index (χ0v) is 14.7. The van der Waals surface area contributed by atoms with Crippen LogP contribution in [-0.4, -0.2) is 51.1 Å². The van der Waals surface area contributed by atoms with Crippen molar-refractivity contribution >= 4 is 22.6 Å². The first-order chi connectivity index (χ1) is 9.70. The van der Waals surface area contributed by atoms with Gasteiger partial charge in [0.25, 0.3) is 0 Å². The van der Waals surface area contributed by atoms with Crippen LogP contribution in [0.2, 0.25) is 0 Å². The summed E-state index contributed by atoms with van der Waals surface area (Å²) < 4.78 is 11.6. The van der Waals surface area contributed by atoms with Crippen molar-refractivity contribution in [2.45, 2.75) is 58.4 Å². The SMILES string of the molecule is CCC(C)C1NC(=O)C(C(C)C)N(CC(C)S(C)=O)C1=O. The van der Waals surface area contributed by atoms with E-state index in [0.29, 0.717) is 6.54 Å². The molecule has 122 valence electrons. The smallest absolute Gasteiger partial charge is 0.246 e. The van der Waals surface area contributed by atoms with Crippen molar-refractivity contribution in [1.29, 1.82) is 0 Å². The van der Waals surface area contributed by atoms with Gasteiger partial charge in [0.2, 0.25) is 11.8 Å². The third kappa shape index (κ3) is 4.05. The highest BCUT2D eigenvalue weighted by molar-refractivity contribution is 7.84. The predicted octanol–water partition coefficient (Wildman–Crippen LogP) is 1.15. The monoisotopic (exact) mass is 316 g/mol. The van der Waals surface area contributed by atoms with Crippen LogP contribution in [0, 0.1) is 11.8 Å². The van der Waals surface area contributed by atoms with Crippen molar-refractivity contribution < 1.29 is 13.8 Å². The molecule has 5 atom stereocenters. The number of rotatable bonds is 6. The van der Waals surface area contributed by atoms with Gasteiger partial charge in [-0.1, -0.05) is 34.1 Å². The minimum absolute atomic E-state index is 0.0318. The molecule has 0 aromatic heterocycles. The van der Waals surface area contributed by atoms with Gasteiger partial charge in [-0.2, -0.15) is 0 Å². The zero-order chi connectivity index (χ0) is 16.3. The van der Waals surface area contributed by atoms with Crippen molar-refractivity contribution in [2.75, 3.05) is 12.8 Å². The molecule has 0 radical (unpaired) electrons. The van der Waals surface area contributed by atoms with E-state index < -0.39 is 22.9 Å². The fourth-order valence-electron chi connectivity index (χ4n) is 2.63. The Kier molecular flexibility index (Phi) is 6.38. The van der Waals surface area contributed by atoms with E-state index in [2.05, 4.69) is 5.32 Å². The molecule has 1 heterocycles. The van der Waals surface area contributed by atoms with Crippen LogP contribution in [0.25, 0.3) is 0 Å². The summed E-state index contributed by atoms with van der Waals surface area (Å²) in [6.07, 6.45) is 2.46. The summed E-state index contributed by atoms with van der Waals surface area (Å²) in [6, 6.07) is -0.932. The van der Waals surface area contributed by atoms with Crippen molar-refractivity contribution in [3.05, 3.63) is 0 Å². The van der Waals surface area contributed by atoms with Crippen LogP contribution in [0.1, 0.15) is 41.0 Å². The van der Waals surface area contributed by atoms with Crippen molar-refractivity contribution in [2.24, 2.45) is 11.8 Å². The van der Waals surface area contributed by atoms with Crippen LogP contribution < -0.4 is 5.32 Å². The third-order valence-electron chi connectivity index (χ3n) is 4.32. The lowest BCUT2D eigenvalue weighted by Gasteiger charge is -2.43. The van der Waals surface area contributed by atoms with Gasteiger partial charge < -0.3 is 10.2 Å². The molecule has 1 saturated heterocycles. The fourth-order valence-corrected chi connectivity index (χ4v) is 3.00. The summed E-state index contributed by atoms with van der Waals surface area (Å²) >= 11 is 0. The second kappa shape index (κ2) is 7.38. The molecule has 0 aliphatic carbocycles. The molecule has 5 unspecified atom stereocenters. The standard InChI is InChI=1S/C15H28N2O3S/c1-7-10(4)12-15(19)17(8-11(5)21(6)20)13(9(2)3)14(18)16-12/h9-13H,7-8H2,1-6H3,(H,16,18). The van der Waals surface area contributed by atoms with E-state index in [9.17, 15) is 13.8 Å². The van der Waals surface area contributed by atoms with Crippen LogP contribution in [0.3, 0.4) is 0 Å². The summed E-state index contributed by atoms with van der Waals surface area (Å²) in [4.78, 5) is 26.8. The van der Waals surface area contributed by atoms with E-state index in [1.807, 2.05) is 34.6 Å². The molecular formula is C15H28N2O3S. The van der Waals surface area contributed by atoms with Gasteiger partial charge in [0.15, 0.2) is 0 Å². The van der Waals surface area contributed by atoms with Crippen LogP contribution in [0.15, 0.2) is 0 Å². The van der Waals surface area contributed by atoms with Crippen molar-refractivity contribution in [3.63, 3.8) is 0 Å². The van der Waals surface area contributed by atoms with Crippen LogP contribution >= 0.6 is 0 Å². The highest BCUT2D eigenvalue weighted by Crippen LogP contribution is 2.22. The highest BCUT2D eigenvalue weighted by Gasteiger charge is 2.43. The molecule has 1 fully saturated rings. The summed E-state index contributed by atoms with van der Waals surface area (Å²) in [5.41, 5.74) is 0. The number of carbonyl (C=O) groups excluding carboxylic acids is 2. The number of carbonyl (C=O) groups is 2. The fraction of sp³-hybridized carbons (Fsp3) is 0.867. The van der Waals surface area contributed by atoms with E-state index in [0.717, 1.165) is 6.42 Å². The number of piperazine rings is 1. The molecule has 1 aliphatic heterocycles. The van der Waals surface area contributed by atoms with Crippen molar-refractivity contribution in [3.8, 4) is 0 Å². The average Bonchev–Trinajstić information content (AvgIpc) is 2.40. The Morgan fingerprint density at radius 1 is 1.24 bits per heavy atom. The normalized spacial score (nSPS) is 27.5. The van der Waals surface area contributed by atoms with Gasteiger partial charge in [0.05, 0.1) is 0 Å². The highest BCUT2D eigenvalue weighted by atomic mass is 32.2. The molecular weight excluding hydrogens is 288 g/mol. The number of hydrogen-bond donors (Lipinski definition) is 1. The maximum Gasteiger partial charge on any atom is 0.246 e. The summed E-state index contributed by atoms with van der Waals surface area (Å²) in [6.45, 7) is 10.1. The molecule has 5 nitrogen and oxygen atoms in total. The Balaban J connectivity index is 3.06. The van der Waals surface area contributed by atoms with Gasteiger partial charge in [-0.15, -0.1) is 0 Å². The Bertz CT molecular complexity index is 425. The molecule has 6 heteroatoms. The molecule has 0 aromatic rings. The van der Waals surface area contributed by atoms with Gasteiger partial charge in [0, 0.05) is 28.9 Å². The number of nitrogens with zero attached hydrogens (tertiary/aromatic N) is 1. The minimum atomic E-state index is -1.02. The lowest BCUT2D eigenvalue weighted by atomic mass is 9.91. The van der Waals surface area contributed by atoms with Gasteiger partial charge >= 0.3 is 0 Å². The Morgan fingerprint density at radius 2 is 1.81 bits per heavy atom. The van der Waals surface area contributed by atoms with E-state index >= 15 is 0 Å². The Morgan fingerprint density at radius 3 is 2.24 bits per heavy atom. The second-order valence-corrected chi connectivity index (χ2v) is 8.16. The van der Waals surface area contributed by atoms with E-state index in [1.54, 1.807) is 11.2 Å². The molecule has 0 aromatic carbocycles. The molecule has 1 aliphatic rings. The van der Waals surface area contributed by atoms with Crippen LogP contribution in [-0.2, 0) is 20.4 Å². The summed E-state index contributed by atoms with van der Waals surface area (Å²) in [5.74, 6) is -0.00671. The van der Waals surface area contributed by atoms with Crippen LogP contribution in [0.4, 0.5) is 0 Å². The second-order valence-electron chi connectivity index (χ2n) is 6.36. The quantitative estimate of drug-likeness (QED) is 0.799. The predicted molar refractivity (Wildman–Crippen MR) is 85.3 cm³/mol. The van der Waals surface area contributed by atoms with Gasteiger partial charge in [-0.25, -0.2) is 0 Å². The molecule has 2 amide bonds. The lowest BCUT2D eigenvalue weighted by Crippen LogP contribution is -2.67. The van der Waals surface area contributed by atoms with Gasteiger partial charge in [-0.3, -0.25) is 13.8 Å². The van der Waals surface area contributed by atoms with E-state index in [4.69, 9.17) is 0 Å². The third-order valence-corrected chi connectivity index (χ3v) is 5.60. The van der Waals surface area contributed by atoms with E-state index in [1.165, 1.54) is 0 Å². The first-order valence-corrected chi connectivity index (χ1v) is 9.25. The molecule has 1 rings (SSSR count). The zero-order valence-electron chi connectivity index (χ0n) is 13.9. The number of hydrogen-bond acceptors (Lipinski definition) is 3. The largest absolute Gasteiger partial charge is 0.342 e. The van der Waals surface area contributed by atoms with Gasteiger partial charge in [0.1, 0.15) is 12.1 Å². The molecule has 1 N–H and O–H groups in total. The average molecular weight is 316 g/mol. The van der Waals surface area contributed by atoms with Gasteiger partial charge in [-0.05, 0) is 18.8 Å². The maximum absolute atomic E-state index is 12.8. The lowest BCUT2D eigenvalue weighted by molar-refractivity contribution is -0.152. The topological polar surface area (TPSA) is 66.5 Å². The first kappa shape index (κ1) is 18.1. The molecule has 0 spiro atoms. The first-order valence-electron chi connectivity index (χ1n) is 7.63. The Labute approximate surface area is 130 Å². The Hall–Kier alpha value is -0.910. The summed E-state index contributed by atoms with van der Waals surface area (Å²) in [5, 5.41) is 2.73. The van der Waals surface area contributed by atoms with Crippen LogP contribution in [0.5, 0.6) is 0 Å². The minimum Gasteiger partial charge on any atom is -0.342 e. The maximum atomic E-state index is 12.8. The molecule has 0 bridgehead atoms. The molecule has 0 saturated carbocycles. The number of amides is 2.